The van der Waals surface area contributed by atoms with Gasteiger partial charge < -0.3 is 19.7 Å². The van der Waals surface area contributed by atoms with Gasteiger partial charge in [0.25, 0.3) is 5.91 Å². The Hall–Kier alpha value is -3.40. The molecular weight excluding hydrogens is 448 g/mol. The lowest BCUT2D eigenvalue weighted by molar-refractivity contribution is -0.121. The molecule has 3 rings (SSSR count). The third-order valence-electron chi connectivity index (χ3n) is 5.20. The Bertz CT molecular complexity index is 1180. The Kier molecular flexibility index (Phi) is 7.37. The van der Waals surface area contributed by atoms with Crippen LogP contribution in [0.3, 0.4) is 0 Å². The van der Waals surface area contributed by atoms with Crippen molar-refractivity contribution in [1.29, 1.82) is 0 Å². The number of nitrogens with zero attached hydrogens (tertiary/aromatic N) is 1. The quantitative estimate of drug-likeness (QED) is 0.555. The standard InChI is InChI=1S/C23H26N2O7S/c1-4-25-18-12-16(10-11-20(18)32-13-22(25)27)23(28)15(3)33(29,30)14-21(26)24-17-8-6-7-9-19(17)31-5-2/h6-12,15H,4-5,13-14H2,1-3H3,(H,24,26). The second kappa shape index (κ2) is 10.0. The minimum absolute atomic E-state index is 0.0968. The molecule has 1 heterocycles. The van der Waals surface area contributed by atoms with Crippen molar-refractivity contribution >= 4 is 38.8 Å². The molecule has 1 N–H and O–H groups in total. The van der Waals surface area contributed by atoms with Gasteiger partial charge in [0.15, 0.2) is 22.2 Å². The van der Waals surface area contributed by atoms with Crippen molar-refractivity contribution in [3.05, 3.63) is 48.0 Å². The molecule has 0 radical (unpaired) electrons. The Labute approximate surface area is 192 Å². The fraction of sp³-hybridized carbons (Fsp3) is 0.348. The van der Waals surface area contributed by atoms with Crippen molar-refractivity contribution < 1.29 is 32.3 Å². The van der Waals surface area contributed by atoms with Crippen LogP contribution in [0, 0.1) is 0 Å². The zero-order valence-corrected chi connectivity index (χ0v) is 19.5. The molecule has 0 spiro atoms. The number of likely N-dealkylation sites (N-methyl/N-ethyl adjacent to an activating group) is 1. The molecule has 176 valence electrons. The number of nitrogens with one attached hydrogen (secondary N) is 1. The van der Waals surface area contributed by atoms with E-state index in [0.717, 1.165) is 0 Å². The fourth-order valence-electron chi connectivity index (χ4n) is 3.45. The van der Waals surface area contributed by atoms with Crippen molar-refractivity contribution in [3.63, 3.8) is 0 Å². The molecule has 2 aromatic carbocycles. The Morgan fingerprint density at radius 2 is 1.91 bits per heavy atom. The number of hydrogen-bond acceptors (Lipinski definition) is 7. The first-order chi connectivity index (χ1) is 15.7. The zero-order valence-electron chi connectivity index (χ0n) is 18.7. The van der Waals surface area contributed by atoms with Gasteiger partial charge in [-0.15, -0.1) is 0 Å². The van der Waals surface area contributed by atoms with Crippen molar-refractivity contribution in [2.45, 2.75) is 26.0 Å². The number of ether oxygens (including phenoxy) is 2. The summed E-state index contributed by atoms with van der Waals surface area (Å²) >= 11 is 0. The maximum atomic E-state index is 13.0. The fourth-order valence-corrected chi connectivity index (χ4v) is 4.60. The number of para-hydroxylation sites is 2. The van der Waals surface area contributed by atoms with Gasteiger partial charge in [-0.2, -0.15) is 0 Å². The molecule has 0 aliphatic carbocycles. The molecule has 1 aliphatic heterocycles. The van der Waals surface area contributed by atoms with Crippen LogP contribution in [0.2, 0.25) is 0 Å². The van der Waals surface area contributed by atoms with E-state index < -0.39 is 32.5 Å². The van der Waals surface area contributed by atoms with Gasteiger partial charge in [-0.25, -0.2) is 8.42 Å². The van der Waals surface area contributed by atoms with Gasteiger partial charge in [0.1, 0.15) is 22.5 Å². The maximum absolute atomic E-state index is 13.0. The van der Waals surface area contributed by atoms with Crippen molar-refractivity contribution in [1.82, 2.24) is 0 Å². The second-order valence-corrected chi connectivity index (χ2v) is 9.72. The third-order valence-corrected chi connectivity index (χ3v) is 7.16. The topological polar surface area (TPSA) is 119 Å². The molecule has 0 fully saturated rings. The van der Waals surface area contributed by atoms with E-state index in [1.165, 1.54) is 30.0 Å². The van der Waals surface area contributed by atoms with Gasteiger partial charge in [-0.3, -0.25) is 14.4 Å². The number of amides is 2. The molecular formula is C23H26N2O7S. The summed E-state index contributed by atoms with van der Waals surface area (Å²) in [6.07, 6.45) is 0. The molecule has 33 heavy (non-hydrogen) atoms. The van der Waals surface area contributed by atoms with E-state index in [1.54, 1.807) is 38.1 Å². The average molecular weight is 475 g/mol. The summed E-state index contributed by atoms with van der Waals surface area (Å²) in [6.45, 7) is 5.49. The number of Topliss-reactive ketones (excluding diaryl/α,β-unsaturated/α-hetero) is 1. The predicted molar refractivity (Wildman–Crippen MR) is 124 cm³/mol. The molecule has 9 nitrogen and oxygen atoms in total. The van der Waals surface area contributed by atoms with Crippen molar-refractivity contribution in [2.75, 3.05) is 35.7 Å². The molecule has 1 unspecified atom stereocenters. The smallest absolute Gasteiger partial charge is 0.265 e. The third kappa shape index (κ3) is 5.33. The molecule has 2 aromatic rings. The molecule has 1 atom stereocenters. The van der Waals surface area contributed by atoms with Crippen LogP contribution < -0.4 is 19.7 Å². The summed E-state index contributed by atoms with van der Waals surface area (Å²) < 4.78 is 36.4. The lowest BCUT2D eigenvalue weighted by atomic mass is 10.1. The van der Waals surface area contributed by atoms with E-state index in [9.17, 15) is 22.8 Å². The van der Waals surface area contributed by atoms with Gasteiger partial charge >= 0.3 is 0 Å². The number of benzene rings is 2. The molecule has 10 heteroatoms. The lowest BCUT2D eigenvalue weighted by Crippen LogP contribution is -2.39. The second-order valence-electron chi connectivity index (χ2n) is 7.40. The van der Waals surface area contributed by atoms with Crippen molar-refractivity contribution in [2.24, 2.45) is 0 Å². The first kappa shape index (κ1) is 24.2. The number of carbonyl (C=O) groups excluding carboxylic acids is 3. The van der Waals surface area contributed by atoms with Gasteiger partial charge in [0.2, 0.25) is 5.91 Å². The summed E-state index contributed by atoms with van der Waals surface area (Å²) in [5.41, 5.74) is 0.871. The molecule has 0 bridgehead atoms. The largest absolute Gasteiger partial charge is 0.492 e. The number of hydrogen-bond donors (Lipinski definition) is 1. The number of anilines is 2. The van der Waals surface area contributed by atoms with Gasteiger partial charge in [-0.05, 0) is 51.1 Å². The number of sulfone groups is 1. The Balaban J connectivity index is 1.75. The highest BCUT2D eigenvalue weighted by atomic mass is 32.2. The molecule has 0 saturated heterocycles. The van der Waals surface area contributed by atoms with Crippen LogP contribution in [-0.2, 0) is 19.4 Å². The van der Waals surface area contributed by atoms with E-state index in [4.69, 9.17) is 9.47 Å². The number of carbonyl (C=O) groups is 3. The normalized spacial score (nSPS) is 14.2. The Morgan fingerprint density at radius 1 is 1.18 bits per heavy atom. The minimum Gasteiger partial charge on any atom is -0.492 e. The SMILES string of the molecule is CCOc1ccccc1NC(=O)CS(=O)(=O)C(C)C(=O)c1ccc2c(c1)N(CC)C(=O)CO2. The maximum Gasteiger partial charge on any atom is 0.265 e. The highest BCUT2D eigenvalue weighted by molar-refractivity contribution is 7.93. The van der Waals surface area contributed by atoms with Crippen molar-refractivity contribution in [3.8, 4) is 11.5 Å². The van der Waals surface area contributed by atoms with Crippen LogP contribution in [0.1, 0.15) is 31.1 Å². The summed E-state index contributed by atoms with van der Waals surface area (Å²) in [5, 5.41) is 1.07. The van der Waals surface area contributed by atoms with Gasteiger partial charge in [-0.1, -0.05) is 12.1 Å². The summed E-state index contributed by atoms with van der Waals surface area (Å²) in [5.74, 6) is -1.71. The lowest BCUT2D eigenvalue weighted by Gasteiger charge is -2.28. The molecule has 0 saturated carbocycles. The molecule has 1 aliphatic rings. The average Bonchev–Trinajstić information content (AvgIpc) is 2.78. The van der Waals surface area contributed by atoms with Crippen LogP contribution in [-0.4, -0.2) is 56.8 Å². The van der Waals surface area contributed by atoms with Crippen LogP contribution in [0.5, 0.6) is 11.5 Å². The van der Waals surface area contributed by atoms with Gasteiger partial charge in [0.05, 0.1) is 18.0 Å². The molecule has 0 aromatic heterocycles. The number of rotatable bonds is 9. The highest BCUT2D eigenvalue weighted by Crippen LogP contribution is 2.33. The summed E-state index contributed by atoms with van der Waals surface area (Å²) in [6, 6.07) is 11.1. The first-order valence-corrected chi connectivity index (χ1v) is 12.2. The first-order valence-electron chi connectivity index (χ1n) is 10.5. The molecule has 2 amide bonds. The monoisotopic (exact) mass is 474 g/mol. The summed E-state index contributed by atoms with van der Waals surface area (Å²) in [7, 11) is -4.12. The van der Waals surface area contributed by atoms with Crippen LogP contribution >= 0.6 is 0 Å². The van der Waals surface area contributed by atoms with Crippen LogP contribution in [0.15, 0.2) is 42.5 Å². The van der Waals surface area contributed by atoms with E-state index in [1.807, 2.05) is 0 Å². The van der Waals surface area contributed by atoms with Crippen LogP contribution in [0.25, 0.3) is 0 Å². The summed E-state index contributed by atoms with van der Waals surface area (Å²) in [4.78, 5) is 38.9. The highest BCUT2D eigenvalue weighted by Gasteiger charge is 2.33. The van der Waals surface area contributed by atoms with E-state index >= 15 is 0 Å². The van der Waals surface area contributed by atoms with Crippen LogP contribution in [0.4, 0.5) is 11.4 Å². The number of fused-ring (bicyclic) bond motifs is 1. The minimum atomic E-state index is -4.12. The van der Waals surface area contributed by atoms with Gasteiger partial charge in [0, 0.05) is 12.1 Å². The number of ketones is 1. The predicted octanol–water partition coefficient (Wildman–Crippen LogP) is 2.46. The van der Waals surface area contributed by atoms with E-state index in [2.05, 4.69) is 5.32 Å². The Morgan fingerprint density at radius 3 is 2.61 bits per heavy atom. The van der Waals surface area contributed by atoms with E-state index in [-0.39, 0.29) is 18.1 Å². The van der Waals surface area contributed by atoms with E-state index in [0.29, 0.717) is 36.0 Å². The zero-order chi connectivity index (χ0) is 24.2.